The zero-order chi connectivity index (χ0) is 17.9. The van der Waals surface area contributed by atoms with Crippen LogP contribution >= 0.6 is 0 Å². The fraction of sp³-hybridized carbons (Fsp3) is 0.235. The summed E-state index contributed by atoms with van der Waals surface area (Å²) < 4.78 is 11.2. The Labute approximate surface area is 139 Å². The second-order valence-electron chi connectivity index (χ2n) is 5.14. The molecule has 0 aliphatic rings. The van der Waals surface area contributed by atoms with Crippen LogP contribution in [0, 0.1) is 0 Å². The standard InChI is InChI=1S/C17H18N2O5/c1-18(2)13(20)9-8-12-15(17(22)24-4)14(16(21)23-3)11-7-5-6-10-19(11)12/h5-10H,1-4H3/b9-8+. The van der Waals surface area contributed by atoms with Gasteiger partial charge in [0.25, 0.3) is 0 Å². The van der Waals surface area contributed by atoms with E-state index in [-0.39, 0.29) is 17.0 Å². The molecule has 0 aliphatic heterocycles. The molecule has 2 aromatic heterocycles. The largest absolute Gasteiger partial charge is 0.465 e. The maximum absolute atomic E-state index is 12.3. The molecule has 0 aromatic carbocycles. The lowest BCUT2D eigenvalue weighted by Gasteiger charge is -2.06. The molecule has 0 saturated heterocycles. The van der Waals surface area contributed by atoms with E-state index < -0.39 is 11.9 Å². The van der Waals surface area contributed by atoms with Crippen molar-refractivity contribution in [1.82, 2.24) is 9.30 Å². The van der Waals surface area contributed by atoms with E-state index in [4.69, 9.17) is 9.47 Å². The van der Waals surface area contributed by atoms with Crippen LogP contribution in [0.25, 0.3) is 11.6 Å². The summed E-state index contributed by atoms with van der Waals surface area (Å²) in [5, 5.41) is 0. The third-order valence-electron chi connectivity index (χ3n) is 3.49. The predicted octanol–water partition coefficient (Wildman–Crippen LogP) is 1.61. The number of fused-ring (bicyclic) bond motifs is 1. The van der Waals surface area contributed by atoms with E-state index in [1.165, 1.54) is 31.3 Å². The molecule has 0 unspecified atom stereocenters. The van der Waals surface area contributed by atoms with Crippen LogP contribution in [0.4, 0.5) is 0 Å². The maximum Gasteiger partial charge on any atom is 0.340 e. The highest BCUT2D eigenvalue weighted by atomic mass is 16.5. The van der Waals surface area contributed by atoms with Crippen molar-refractivity contribution in [2.45, 2.75) is 0 Å². The molecular formula is C17H18N2O5. The smallest absolute Gasteiger partial charge is 0.340 e. The van der Waals surface area contributed by atoms with Crippen molar-refractivity contribution in [3.63, 3.8) is 0 Å². The third kappa shape index (κ3) is 3.01. The van der Waals surface area contributed by atoms with Crippen LogP contribution in [-0.2, 0) is 14.3 Å². The van der Waals surface area contributed by atoms with Crippen molar-refractivity contribution in [2.24, 2.45) is 0 Å². The molecule has 0 aliphatic carbocycles. The van der Waals surface area contributed by atoms with Crippen LogP contribution in [0.2, 0.25) is 0 Å². The molecule has 2 heterocycles. The number of hydrogen-bond acceptors (Lipinski definition) is 5. The molecule has 2 aromatic rings. The summed E-state index contributed by atoms with van der Waals surface area (Å²) in [4.78, 5) is 37.7. The summed E-state index contributed by atoms with van der Waals surface area (Å²) in [6.45, 7) is 0. The number of nitrogens with zero attached hydrogens (tertiary/aromatic N) is 2. The molecule has 0 atom stereocenters. The number of carbonyl (C=O) groups is 3. The highest BCUT2D eigenvalue weighted by molar-refractivity contribution is 6.11. The molecule has 0 bridgehead atoms. The van der Waals surface area contributed by atoms with Crippen molar-refractivity contribution in [3.05, 3.63) is 47.3 Å². The lowest BCUT2D eigenvalue weighted by molar-refractivity contribution is -0.123. The van der Waals surface area contributed by atoms with Crippen molar-refractivity contribution in [1.29, 1.82) is 0 Å². The van der Waals surface area contributed by atoms with Crippen LogP contribution in [0.3, 0.4) is 0 Å². The summed E-state index contributed by atoms with van der Waals surface area (Å²) in [7, 11) is 5.69. The van der Waals surface area contributed by atoms with Gasteiger partial charge in [0.2, 0.25) is 5.91 Å². The van der Waals surface area contributed by atoms with Gasteiger partial charge in [0.1, 0.15) is 11.1 Å². The van der Waals surface area contributed by atoms with Crippen molar-refractivity contribution >= 4 is 29.4 Å². The summed E-state index contributed by atoms with van der Waals surface area (Å²) >= 11 is 0. The highest BCUT2D eigenvalue weighted by Crippen LogP contribution is 2.26. The summed E-state index contributed by atoms with van der Waals surface area (Å²) in [5.41, 5.74) is 1.01. The van der Waals surface area contributed by atoms with Gasteiger partial charge in [0.15, 0.2) is 0 Å². The van der Waals surface area contributed by atoms with E-state index >= 15 is 0 Å². The zero-order valence-corrected chi connectivity index (χ0v) is 13.9. The van der Waals surface area contributed by atoms with Crippen molar-refractivity contribution in [3.8, 4) is 0 Å². The van der Waals surface area contributed by atoms with Gasteiger partial charge in [-0.05, 0) is 18.2 Å². The minimum absolute atomic E-state index is 0.0540. The summed E-state index contributed by atoms with van der Waals surface area (Å²) in [6, 6.07) is 5.17. The Morgan fingerprint density at radius 2 is 1.67 bits per heavy atom. The molecule has 0 saturated carbocycles. The highest BCUT2D eigenvalue weighted by Gasteiger charge is 2.28. The van der Waals surface area contributed by atoms with Gasteiger partial charge in [0, 0.05) is 26.4 Å². The molecule has 0 fully saturated rings. The van der Waals surface area contributed by atoms with E-state index in [1.54, 1.807) is 42.9 Å². The van der Waals surface area contributed by atoms with E-state index in [0.29, 0.717) is 11.2 Å². The molecular weight excluding hydrogens is 312 g/mol. The summed E-state index contributed by atoms with van der Waals surface area (Å²) in [5.74, 6) is -1.59. The molecule has 24 heavy (non-hydrogen) atoms. The zero-order valence-electron chi connectivity index (χ0n) is 13.9. The average Bonchev–Trinajstić information content (AvgIpc) is 2.92. The first kappa shape index (κ1) is 17.3. The Balaban J connectivity index is 2.79. The van der Waals surface area contributed by atoms with Crippen LogP contribution in [0.5, 0.6) is 0 Å². The number of esters is 2. The quantitative estimate of drug-likeness (QED) is 0.629. The van der Waals surface area contributed by atoms with Crippen LogP contribution in [-0.4, -0.2) is 55.5 Å². The number of likely N-dealkylation sites (N-methyl/N-ethyl adjacent to an activating group) is 1. The lowest BCUT2D eigenvalue weighted by Crippen LogP contribution is -2.18. The first-order chi connectivity index (χ1) is 11.4. The van der Waals surface area contributed by atoms with Crippen molar-refractivity contribution < 1.29 is 23.9 Å². The molecule has 7 heteroatoms. The molecule has 1 amide bonds. The average molecular weight is 330 g/mol. The number of rotatable bonds is 4. The molecule has 0 N–H and O–H groups in total. The minimum Gasteiger partial charge on any atom is -0.465 e. The Morgan fingerprint density at radius 3 is 2.25 bits per heavy atom. The van der Waals surface area contributed by atoms with Gasteiger partial charge >= 0.3 is 11.9 Å². The number of pyridine rings is 1. The van der Waals surface area contributed by atoms with Crippen molar-refractivity contribution in [2.75, 3.05) is 28.3 Å². The van der Waals surface area contributed by atoms with E-state index in [1.807, 2.05) is 0 Å². The van der Waals surface area contributed by atoms with E-state index in [0.717, 1.165) is 0 Å². The SMILES string of the molecule is COC(=O)c1c(C(=O)OC)c2ccccn2c1/C=C/C(=O)N(C)C. The fourth-order valence-corrected chi connectivity index (χ4v) is 2.31. The number of ether oxygens (including phenoxy) is 2. The van der Waals surface area contributed by atoms with Gasteiger partial charge < -0.3 is 18.8 Å². The van der Waals surface area contributed by atoms with Gasteiger partial charge in [-0.1, -0.05) is 6.07 Å². The predicted molar refractivity (Wildman–Crippen MR) is 87.8 cm³/mol. The lowest BCUT2D eigenvalue weighted by atomic mass is 10.1. The second-order valence-corrected chi connectivity index (χ2v) is 5.14. The van der Waals surface area contributed by atoms with Gasteiger partial charge in [-0.15, -0.1) is 0 Å². The Hall–Kier alpha value is -3.09. The summed E-state index contributed by atoms with van der Waals surface area (Å²) in [6.07, 6.45) is 4.49. The van der Waals surface area contributed by atoms with Crippen LogP contribution in [0.15, 0.2) is 30.5 Å². The number of methoxy groups -OCH3 is 2. The molecule has 2 rings (SSSR count). The normalized spacial score (nSPS) is 10.8. The topological polar surface area (TPSA) is 77.3 Å². The maximum atomic E-state index is 12.3. The first-order valence-corrected chi connectivity index (χ1v) is 7.11. The molecule has 0 spiro atoms. The Morgan fingerprint density at radius 1 is 1.04 bits per heavy atom. The Kier molecular flexibility index (Phi) is 5.03. The fourth-order valence-electron chi connectivity index (χ4n) is 2.31. The number of hydrogen-bond donors (Lipinski definition) is 0. The third-order valence-corrected chi connectivity index (χ3v) is 3.49. The van der Waals surface area contributed by atoms with Gasteiger partial charge in [-0.25, -0.2) is 9.59 Å². The Bertz CT molecular complexity index is 833. The second kappa shape index (κ2) is 6.99. The van der Waals surface area contributed by atoms with Gasteiger partial charge in [-0.2, -0.15) is 0 Å². The van der Waals surface area contributed by atoms with Crippen LogP contribution in [0.1, 0.15) is 26.4 Å². The monoisotopic (exact) mass is 330 g/mol. The van der Waals surface area contributed by atoms with E-state index in [9.17, 15) is 14.4 Å². The molecule has 0 radical (unpaired) electrons. The van der Waals surface area contributed by atoms with Gasteiger partial charge in [0.05, 0.1) is 25.4 Å². The van der Waals surface area contributed by atoms with Crippen LogP contribution < -0.4 is 0 Å². The van der Waals surface area contributed by atoms with E-state index in [2.05, 4.69) is 0 Å². The number of aromatic nitrogens is 1. The minimum atomic E-state index is -0.684. The molecule has 126 valence electrons. The molecule has 7 nitrogen and oxygen atoms in total. The number of carbonyl (C=O) groups excluding carboxylic acids is 3. The number of amides is 1. The first-order valence-electron chi connectivity index (χ1n) is 7.11. The van der Waals surface area contributed by atoms with Gasteiger partial charge in [-0.3, -0.25) is 4.79 Å².